The zero-order chi connectivity index (χ0) is 15.0. The van der Waals surface area contributed by atoms with Crippen LogP contribution in [0.3, 0.4) is 0 Å². The Bertz CT molecular complexity index is 514. The Labute approximate surface area is 125 Å². The number of imidazole rings is 1. The molecule has 0 spiro atoms. The summed E-state index contributed by atoms with van der Waals surface area (Å²) in [5.41, 5.74) is 0. The molecule has 3 heterocycles. The van der Waals surface area contributed by atoms with Crippen molar-refractivity contribution in [3.8, 4) is 0 Å². The van der Waals surface area contributed by atoms with E-state index in [0.29, 0.717) is 12.5 Å². The van der Waals surface area contributed by atoms with Gasteiger partial charge in [0.1, 0.15) is 12.4 Å². The molecule has 1 amide bonds. The number of fused-ring (bicyclic) bond motifs is 1. The van der Waals surface area contributed by atoms with Crippen molar-refractivity contribution in [3.05, 3.63) is 18.2 Å². The Morgan fingerprint density at radius 2 is 2.24 bits per heavy atom. The summed E-state index contributed by atoms with van der Waals surface area (Å²) < 4.78 is 7.72. The van der Waals surface area contributed by atoms with Gasteiger partial charge in [-0.2, -0.15) is 0 Å². The van der Waals surface area contributed by atoms with E-state index in [0.717, 1.165) is 25.5 Å². The number of ether oxygens (including phenoxy) is 1. The highest BCUT2D eigenvalue weighted by Gasteiger charge is 2.43. The highest BCUT2D eigenvalue weighted by atomic mass is 16.5. The maximum atomic E-state index is 12.2. The molecule has 0 aromatic carbocycles. The minimum atomic E-state index is 0.0747. The maximum absolute atomic E-state index is 12.2. The van der Waals surface area contributed by atoms with Crippen molar-refractivity contribution in [1.29, 1.82) is 0 Å². The number of rotatable bonds is 4. The first-order valence-corrected chi connectivity index (χ1v) is 7.64. The number of nitrogens with zero attached hydrogens (tertiary/aromatic N) is 4. The van der Waals surface area contributed by atoms with Crippen molar-refractivity contribution in [2.45, 2.75) is 32.5 Å². The van der Waals surface area contributed by atoms with Gasteiger partial charge in [-0.25, -0.2) is 4.98 Å². The van der Waals surface area contributed by atoms with E-state index in [2.05, 4.69) is 23.7 Å². The summed E-state index contributed by atoms with van der Waals surface area (Å²) in [7, 11) is 1.96. The van der Waals surface area contributed by atoms with Gasteiger partial charge < -0.3 is 14.2 Å². The van der Waals surface area contributed by atoms with Crippen LogP contribution in [0, 0.1) is 5.92 Å². The molecule has 1 aromatic heterocycles. The SMILES string of the molecule is CC(C)CN1C[C@@H]2OCC(=O)N(Cc3nccn3C)[C@@H]2C1. The van der Waals surface area contributed by atoms with E-state index in [9.17, 15) is 4.79 Å². The molecule has 0 bridgehead atoms. The lowest BCUT2D eigenvalue weighted by Gasteiger charge is -2.36. The molecule has 6 nitrogen and oxygen atoms in total. The first-order chi connectivity index (χ1) is 10.0. The average molecular weight is 292 g/mol. The van der Waals surface area contributed by atoms with Gasteiger partial charge >= 0.3 is 0 Å². The van der Waals surface area contributed by atoms with Gasteiger partial charge in [0.15, 0.2) is 0 Å². The quantitative estimate of drug-likeness (QED) is 0.810. The molecule has 2 saturated heterocycles. The van der Waals surface area contributed by atoms with Crippen LogP contribution in [0.4, 0.5) is 0 Å². The molecule has 0 radical (unpaired) electrons. The first kappa shape index (κ1) is 14.5. The molecule has 2 aliphatic heterocycles. The van der Waals surface area contributed by atoms with Gasteiger partial charge in [0.25, 0.3) is 0 Å². The Kier molecular flexibility index (Phi) is 3.99. The third-order valence-electron chi connectivity index (χ3n) is 4.31. The third kappa shape index (κ3) is 2.96. The monoisotopic (exact) mass is 292 g/mol. The summed E-state index contributed by atoms with van der Waals surface area (Å²) in [4.78, 5) is 21.0. The molecule has 1 aromatic rings. The van der Waals surface area contributed by atoms with Crippen LogP contribution in [0.5, 0.6) is 0 Å². The molecule has 6 heteroatoms. The fourth-order valence-electron chi connectivity index (χ4n) is 3.31. The topological polar surface area (TPSA) is 50.6 Å². The van der Waals surface area contributed by atoms with Crippen molar-refractivity contribution in [1.82, 2.24) is 19.4 Å². The summed E-state index contributed by atoms with van der Waals surface area (Å²) in [6, 6.07) is 0.154. The normalized spacial score (nSPS) is 26.7. The molecule has 0 aliphatic carbocycles. The van der Waals surface area contributed by atoms with Gasteiger partial charge in [-0.3, -0.25) is 9.69 Å². The fourth-order valence-corrected chi connectivity index (χ4v) is 3.31. The van der Waals surface area contributed by atoms with Crippen LogP contribution in [0.1, 0.15) is 19.7 Å². The lowest BCUT2D eigenvalue weighted by Crippen LogP contribution is -2.53. The molecule has 116 valence electrons. The minimum Gasteiger partial charge on any atom is -0.365 e. The molecule has 3 rings (SSSR count). The molecular formula is C15H24N4O2. The van der Waals surface area contributed by atoms with E-state index in [1.54, 1.807) is 6.20 Å². The average Bonchev–Trinajstić information content (AvgIpc) is 2.99. The number of carbonyl (C=O) groups excluding carboxylic acids is 1. The van der Waals surface area contributed by atoms with E-state index in [1.165, 1.54) is 0 Å². The molecule has 0 unspecified atom stereocenters. The Hall–Kier alpha value is -1.40. The van der Waals surface area contributed by atoms with Crippen LogP contribution in [-0.4, -0.2) is 63.6 Å². The second-order valence-corrected chi connectivity index (χ2v) is 6.51. The molecular weight excluding hydrogens is 268 g/mol. The van der Waals surface area contributed by atoms with Crippen LogP contribution in [-0.2, 0) is 23.1 Å². The van der Waals surface area contributed by atoms with E-state index in [-0.39, 0.29) is 24.7 Å². The second-order valence-electron chi connectivity index (χ2n) is 6.51. The van der Waals surface area contributed by atoms with Crippen molar-refractivity contribution >= 4 is 5.91 Å². The van der Waals surface area contributed by atoms with Gasteiger partial charge in [0, 0.05) is 39.1 Å². The molecule has 2 atom stereocenters. The number of hydrogen-bond donors (Lipinski definition) is 0. The molecule has 21 heavy (non-hydrogen) atoms. The lowest BCUT2D eigenvalue weighted by atomic mass is 10.1. The lowest BCUT2D eigenvalue weighted by molar-refractivity contribution is -0.154. The highest BCUT2D eigenvalue weighted by Crippen LogP contribution is 2.25. The number of aryl methyl sites for hydroxylation is 1. The zero-order valence-electron chi connectivity index (χ0n) is 13.0. The maximum Gasteiger partial charge on any atom is 0.249 e. The number of morpholine rings is 1. The molecule has 2 aliphatic rings. The first-order valence-electron chi connectivity index (χ1n) is 7.64. The van der Waals surface area contributed by atoms with Gasteiger partial charge in [-0.15, -0.1) is 0 Å². The number of carbonyl (C=O) groups is 1. The number of hydrogen-bond acceptors (Lipinski definition) is 4. The van der Waals surface area contributed by atoms with Gasteiger partial charge in [0.05, 0.1) is 18.7 Å². The van der Waals surface area contributed by atoms with Crippen LogP contribution in [0.25, 0.3) is 0 Å². The number of amides is 1. The summed E-state index contributed by atoms with van der Waals surface area (Å²) in [5.74, 6) is 1.63. The summed E-state index contributed by atoms with van der Waals surface area (Å²) >= 11 is 0. The number of likely N-dealkylation sites (tertiary alicyclic amines) is 1. The van der Waals surface area contributed by atoms with E-state index >= 15 is 0 Å². The predicted molar refractivity (Wildman–Crippen MR) is 78.6 cm³/mol. The molecule has 0 saturated carbocycles. The van der Waals surface area contributed by atoms with E-state index in [1.807, 2.05) is 22.7 Å². The fraction of sp³-hybridized carbons (Fsp3) is 0.733. The summed E-state index contributed by atoms with van der Waals surface area (Å²) in [6.45, 7) is 8.09. The van der Waals surface area contributed by atoms with E-state index in [4.69, 9.17) is 4.74 Å². The highest BCUT2D eigenvalue weighted by molar-refractivity contribution is 5.78. The van der Waals surface area contributed by atoms with Crippen LogP contribution < -0.4 is 0 Å². The molecule has 0 N–H and O–H groups in total. The summed E-state index contributed by atoms with van der Waals surface area (Å²) in [5, 5.41) is 0. The third-order valence-corrected chi connectivity index (χ3v) is 4.31. The Balaban J connectivity index is 1.73. The van der Waals surface area contributed by atoms with Crippen molar-refractivity contribution in [2.75, 3.05) is 26.2 Å². The van der Waals surface area contributed by atoms with Gasteiger partial charge in [-0.05, 0) is 5.92 Å². The predicted octanol–water partition coefficient (Wildman–Crippen LogP) is 0.488. The Morgan fingerprint density at radius 3 is 2.90 bits per heavy atom. The summed E-state index contributed by atoms with van der Waals surface area (Å²) in [6.07, 6.45) is 3.83. The standard InChI is InChI=1S/C15H24N4O2/c1-11(2)6-18-7-12-13(8-18)21-10-15(20)19(12)9-14-16-4-5-17(14)3/h4-5,11-13H,6-10H2,1-3H3/t12-,13+/m1/s1. The van der Waals surface area contributed by atoms with Crippen LogP contribution >= 0.6 is 0 Å². The van der Waals surface area contributed by atoms with Crippen molar-refractivity contribution in [3.63, 3.8) is 0 Å². The minimum absolute atomic E-state index is 0.0747. The van der Waals surface area contributed by atoms with Crippen LogP contribution in [0.15, 0.2) is 12.4 Å². The second kappa shape index (κ2) is 5.77. The van der Waals surface area contributed by atoms with Gasteiger partial charge in [0.2, 0.25) is 5.91 Å². The van der Waals surface area contributed by atoms with Crippen LogP contribution in [0.2, 0.25) is 0 Å². The molecule has 2 fully saturated rings. The van der Waals surface area contributed by atoms with Crippen molar-refractivity contribution in [2.24, 2.45) is 13.0 Å². The van der Waals surface area contributed by atoms with Gasteiger partial charge in [-0.1, -0.05) is 13.8 Å². The number of aromatic nitrogens is 2. The largest absolute Gasteiger partial charge is 0.365 e. The zero-order valence-corrected chi connectivity index (χ0v) is 13.0. The van der Waals surface area contributed by atoms with Crippen molar-refractivity contribution < 1.29 is 9.53 Å². The smallest absolute Gasteiger partial charge is 0.249 e. The Morgan fingerprint density at radius 1 is 1.43 bits per heavy atom. The van der Waals surface area contributed by atoms with E-state index < -0.39 is 0 Å².